The Kier molecular flexibility index (Phi) is 2.63. The average Bonchev–Trinajstić information content (AvgIpc) is 2.29. The van der Waals surface area contributed by atoms with Crippen LogP contribution in [0.2, 0.25) is 0 Å². The summed E-state index contributed by atoms with van der Waals surface area (Å²) in [5.74, 6) is 1.34. The molecule has 1 heterocycles. The number of hydrogen-bond donors (Lipinski definition) is 0. The molecule has 1 radical (unpaired) electrons. The molecule has 0 saturated carbocycles. The van der Waals surface area contributed by atoms with E-state index in [0.717, 1.165) is 11.1 Å². The van der Waals surface area contributed by atoms with E-state index in [-0.39, 0.29) is 0 Å². The molecule has 0 aliphatic rings. The van der Waals surface area contributed by atoms with Gasteiger partial charge in [0.25, 0.3) is 0 Å². The van der Waals surface area contributed by atoms with E-state index < -0.39 is 0 Å². The number of nitrogens with zero attached hydrogens (tertiary/aromatic N) is 2. The third-order valence-corrected chi connectivity index (χ3v) is 2.05. The lowest BCUT2D eigenvalue weighted by molar-refractivity contribution is 0.411. The van der Waals surface area contributed by atoms with Gasteiger partial charge in [-0.05, 0) is 18.6 Å². The van der Waals surface area contributed by atoms with Gasteiger partial charge in [-0.15, -0.1) is 0 Å². The van der Waals surface area contributed by atoms with Crippen LogP contribution in [0.5, 0.6) is 5.75 Å². The Morgan fingerprint density at radius 1 is 1.20 bits per heavy atom. The zero-order valence-electron chi connectivity index (χ0n) is 8.47. The Bertz CT molecular complexity index is 451. The van der Waals surface area contributed by atoms with Crippen LogP contribution in [0.3, 0.4) is 0 Å². The predicted octanol–water partition coefficient (Wildman–Crippen LogP) is 2.33. The first kappa shape index (κ1) is 9.65. The van der Waals surface area contributed by atoms with Gasteiger partial charge in [0, 0.05) is 5.56 Å². The lowest BCUT2D eigenvalue weighted by Gasteiger charge is -2.02. The highest BCUT2D eigenvalue weighted by Gasteiger charge is 2.00. The van der Waals surface area contributed by atoms with Crippen LogP contribution >= 0.6 is 0 Å². The molecule has 0 saturated heterocycles. The van der Waals surface area contributed by atoms with Gasteiger partial charge < -0.3 is 4.74 Å². The number of methoxy groups -OCH3 is 1. The van der Waals surface area contributed by atoms with Crippen LogP contribution < -0.4 is 4.74 Å². The molecule has 2 rings (SSSR count). The van der Waals surface area contributed by atoms with E-state index in [1.54, 1.807) is 19.5 Å². The number of ether oxygens (including phenoxy) is 1. The third-order valence-electron chi connectivity index (χ3n) is 2.05. The van der Waals surface area contributed by atoms with Crippen LogP contribution in [0.15, 0.2) is 36.7 Å². The third kappa shape index (κ3) is 2.13. The highest BCUT2D eigenvalue weighted by Crippen LogP contribution is 2.17. The Labute approximate surface area is 88.8 Å². The quantitative estimate of drug-likeness (QED) is 0.744. The minimum absolute atomic E-state index is 0.657. The van der Waals surface area contributed by atoms with E-state index in [9.17, 15) is 0 Å². The fourth-order valence-corrected chi connectivity index (χ4v) is 1.28. The van der Waals surface area contributed by atoms with Crippen LogP contribution in [0.25, 0.3) is 11.4 Å². The van der Waals surface area contributed by atoms with Crippen molar-refractivity contribution < 1.29 is 4.74 Å². The molecule has 0 unspecified atom stereocenters. The summed E-state index contributed by atoms with van der Waals surface area (Å²) in [5.41, 5.74) is 1.91. The molecular weight excluding hydrogens is 188 g/mol. The molecule has 3 heteroatoms. The lowest BCUT2D eigenvalue weighted by atomic mass is 10.1. The first-order chi connectivity index (χ1) is 7.29. The van der Waals surface area contributed by atoms with Gasteiger partial charge in [-0.2, -0.15) is 0 Å². The number of hydrogen-bond acceptors (Lipinski definition) is 3. The topological polar surface area (TPSA) is 35.0 Å². The summed E-state index contributed by atoms with van der Waals surface area (Å²) in [6, 6.07) is 7.77. The normalized spacial score (nSPS) is 10.0. The smallest absolute Gasteiger partial charge is 0.159 e. The van der Waals surface area contributed by atoms with Crippen LogP contribution in [-0.4, -0.2) is 17.1 Å². The van der Waals surface area contributed by atoms with Crippen molar-refractivity contribution in [3.63, 3.8) is 0 Å². The molecule has 2 aromatic rings. The van der Waals surface area contributed by atoms with Gasteiger partial charge >= 0.3 is 0 Å². The van der Waals surface area contributed by atoms with Crippen molar-refractivity contribution in [2.24, 2.45) is 0 Å². The maximum absolute atomic E-state index is 4.99. The molecule has 0 aliphatic heterocycles. The summed E-state index contributed by atoms with van der Waals surface area (Å²) in [6.45, 7) is 3.86. The predicted molar refractivity (Wildman–Crippen MR) is 58.5 cm³/mol. The van der Waals surface area contributed by atoms with Gasteiger partial charge in [0.1, 0.15) is 0 Å². The largest absolute Gasteiger partial charge is 0.494 e. The highest BCUT2D eigenvalue weighted by molar-refractivity contribution is 5.56. The van der Waals surface area contributed by atoms with E-state index in [2.05, 4.69) is 16.9 Å². The maximum Gasteiger partial charge on any atom is 0.159 e. The SMILES string of the molecule is [CH2]c1cccc(-c2ncc(OC)cn2)c1. The molecule has 3 nitrogen and oxygen atoms in total. The molecule has 75 valence electrons. The fraction of sp³-hybridized carbons (Fsp3) is 0.0833. The maximum atomic E-state index is 4.99. The second kappa shape index (κ2) is 4.09. The molecule has 0 N–H and O–H groups in total. The summed E-state index contributed by atoms with van der Waals surface area (Å²) in [5, 5.41) is 0. The Morgan fingerprint density at radius 2 is 1.93 bits per heavy atom. The minimum Gasteiger partial charge on any atom is -0.494 e. The van der Waals surface area contributed by atoms with Crippen molar-refractivity contribution in [2.75, 3.05) is 7.11 Å². The second-order valence-corrected chi connectivity index (χ2v) is 3.15. The molecule has 1 aromatic carbocycles. The van der Waals surface area contributed by atoms with Crippen LogP contribution in [-0.2, 0) is 0 Å². The van der Waals surface area contributed by atoms with Gasteiger partial charge in [-0.25, -0.2) is 9.97 Å². The number of benzene rings is 1. The van der Waals surface area contributed by atoms with Crippen molar-refractivity contribution in [3.8, 4) is 17.1 Å². The Balaban J connectivity index is 2.37. The van der Waals surface area contributed by atoms with Crippen molar-refractivity contribution in [1.29, 1.82) is 0 Å². The molecule has 1 aromatic heterocycles. The van der Waals surface area contributed by atoms with E-state index in [1.807, 2.05) is 24.3 Å². The molecule has 0 amide bonds. The highest BCUT2D eigenvalue weighted by atomic mass is 16.5. The monoisotopic (exact) mass is 199 g/mol. The Hall–Kier alpha value is -1.90. The minimum atomic E-state index is 0.657. The van der Waals surface area contributed by atoms with Gasteiger partial charge in [0.2, 0.25) is 0 Å². The average molecular weight is 199 g/mol. The second-order valence-electron chi connectivity index (χ2n) is 3.15. The molecule has 0 aliphatic carbocycles. The van der Waals surface area contributed by atoms with Crippen LogP contribution in [0.4, 0.5) is 0 Å². The Morgan fingerprint density at radius 3 is 2.53 bits per heavy atom. The van der Waals surface area contributed by atoms with Crippen molar-refractivity contribution in [3.05, 3.63) is 49.1 Å². The lowest BCUT2D eigenvalue weighted by Crippen LogP contribution is -1.91. The van der Waals surface area contributed by atoms with Gasteiger partial charge in [-0.1, -0.05) is 18.2 Å². The summed E-state index contributed by atoms with van der Waals surface area (Å²) < 4.78 is 4.99. The number of rotatable bonds is 2. The van der Waals surface area contributed by atoms with E-state index >= 15 is 0 Å². The van der Waals surface area contributed by atoms with Crippen LogP contribution in [0.1, 0.15) is 5.56 Å². The zero-order valence-corrected chi connectivity index (χ0v) is 8.47. The van der Waals surface area contributed by atoms with Gasteiger partial charge in [0.15, 0.2) is 11.6 Å². The summed E-state index contributed by atoms with van der Waals surface area (Å²) in [4.78, 5) is 8.39. The van der Waals surface area contributed by atoms with E-state index in [0.29, 0.717) is 11.6 Å². The fourth-order valence-electron chi connectivity index (χ4n) is 1.28. The molecular formula is C12H11N2O. The first-order valence-electron chi connectivity index (χ1n) is 4.58. The summed E-state index contributed by atoms with van der Waals surface area (Å²) >= 11 is 0. The van der Waals surface area contributed by atoms with Crippen molar-refractivity contribution in [1.82, 2.24) is 9.97 Å². The number of aromatic nitrogens is 2. The molecule has 0 atom stereocenters. The van der Waals surface area contributed by atoms with E-state index in [4.69, 9.17) is 4.74 Å². The zero-order chi connectivity index (χ0) is 10.7. The van der Waals surface area contributed by atoms with Crippen LogP contribution in [0, 0.1) is 6.92 Å². The van der Waals surface area contributed by atoms with Crippen molar-refractivity contribution in [2.45, 2.75) is 0 Å². The summed E-state index contributed by atoms with van der Waals surface area (Å²) in [6.07, 6.45) is 3.30. The first-order valence-corrected chi connectivity index (χ1v) is 4.58. The molecule has 0 fully saturated rings. The molecule has 0 bridgehead atoms. The van der Waals surface area contributed by atoms with E-state index in [1.165, 1.54) is 0 Å². The molecule has 0 spiro atoms. The standard InChI is InChI=1S/C12H11N2O/c1-9-4-3-5-10(6-9)12-13-7-11(15-2)8-14-12/h3-8H,1H2,2H3. The van der Waals surface area contributed by atoms with Gasteiger partial charge in [0.05, 0.1) is 19.5 Å². The van der Waals surface area contributed by atoms with Crippen molar-refractivity contribution >= 4 is 0 Å². The summed E-state index contributed by atoms with van der Waals surface area (Å²) in [7, 11) is 1.59. The van der Waals surface area contributed by atoms with Gasteiger partial charge in [-0.3, -0.25) is 0 Å². The molecule has 15 heavy (non-hydrogen) atoms.